The number of para-hydroxylation sites is 1. The van der Waals surface area contributed by atoms with Crippen LogP contribution < -0.4 is 22.3 Å². The van der Waals surface area contributed by atoms with E-state index in [1.165, 1.54) is 0 Å². The Morgan fingerprint density at radius 2 is 1.89 bits per heavy atom. The first-order chi connectivity index (χ1) is 8.72. The van der Waals surface area contributed by atoms with Gasteiger partial charge in [-0.25, -0.2) is 5.84 Å². The molecule has 6 N–H and O–H groups in total. The van der Waals surface area contributed by atoms with Gasteiger partial charge in [0.05, 0.1) is 11.3 Å². The Hall–Kier alpha value is -2.85. The Bertz CT molecular complexity index is 603. The number of nitrogen functional groups attached to an aromatic ring is 2. The van der Waals surface area contributed by atoms with E-state index < -0.39 is 0 Å². The number of nitrogens with one attached hydrogen (secondary N) is 2. The van der Waals surface area contributed by atoms with Crippen molar-refractivity contribution >= 4 is 23.3 Å². The minimum absolute atomic E-state index is 0.0855. The van der Waals surface area contributed by atoms with E-state index in [9.17, 15) is 0 Å². The van der Waals surface area contributed by atoms with Crippen LogP contribution in [0.4, 0.5) is 23.3 Å². The molecule has 0 radical (unpaired) electrons. The molecule has 2 rings (SSSR count). The van der Waals surface area contributed by atoms with E-state index in [2.05, 4.69) is 26.8 Å². The molecule has 0 spiro atoms. The summed E-state index contributed by atoms with van der Waals surface area (Å²) in [4.78, 5) is 7.87. The van der Waals surface area contributed by atoms with Gasteiger partial charge in [0.2, 0.25) is 5.95 Å². The Balaban J connectivity index is 2.34. The first-order valence-electron chi connectivity index (χ1n) is 5.10. The summed E-state index contributed by atoms with van der Waals surface area (Å²) in [6.45, 7) is 0. The molecule has 2 aromatic rings. The quantitative estimate of drug-likeness (QED) is 0.465. The number of hydrogen-bond acceptors (Lipinski definition) is 7. The molecular weight excluding hydrogens is 230 g/mol. The van der Waals surface area contributed by atoms with Crippen molar-refractivity contribution in [2.75, 3.05) is 16.5 Å². The van der Waals surface area contributed by atoms with Crippen molar-refractivity contribution < 1.29 is 0 Å². The van der Waals surface area contributed by atoms with Crippen LogP contribution in [0.3, 0.4) is 0 Å². The minimum atomic E-state index is 0.0855. The number of nitriles is 1. The molecule has 0 fully saturated rings. The lowest BCUT2D eigenvalue weighted by molar-refractivity contribution is 1.15. The maximum atomic E-state index is 8.97. The van der Waals surface area contributed by atoms with Crippen molar-refractivity contribution in [1.29, 1.82) is 5.26 Å². The van der Waals surface area contributed by atoms with Gasteiger partial charge >= 0.3 is 0 Å². The smallest absolute Gasteiger partial charge is 0.223 e. The van der Waals surface area contributed by atoms with Crippen LogP contribution in [0.25, 0.3) is 0 Å². The summed E-state index contributed by atoms with van der Waals surface area (Å²) in [6.07, 6.45) is 0. The molecule has 0 aliphatic heterocycles. The zero-order valence-electron chi connectivity index (χ0n) is 9.38. The first kappa shape index (κ1) is 11.6. The fourth-order valence-electron chi connectivity index (χ4n) is 1.43. The summed E-state index contributed by atoms with van der Waals surface area (Å²) in [5, 5.41) is 12.0. The van der Waals surface area contributed by atoms with Gasteiger partial charge in [-0.3, -0.25) is 0 Å². The van der Waals surface area contributed by atoms with Crippen LogP contribution in [0.5, 0.6) is 0 Å². The van der Waals surface area contributed by atoms with Gasteiger partial charge in [-0.2, -0.15) is 15.2 Å². The van der Waals surface area contributed by atoms with Crippen molar-refractivity contribution in [3.8, 4) is 6.07 Å². The highest BCUT2D eigenvalue weighted by molar-refractivity contribution is 5.66. The summed E-state index contributed by atoms with van der Waals surface area (Å²) in [6, 6.07) is 10.7. The SMILES string of the molecule is N#Cc1ccccc1Nc1cc(NN)nc(N)n1. The molecule has 1 aromatic carbocycles. The highest BCUT2D eigenvalue weighted by Crippen LogP contribution is 2.20. The van der Waals surface area contributed by atoms with Crippen LogP contribution in [0.2, 0.25) is 0 Å². The molecule has 90 valence electrons. The maximum Gasteiger partial charge on any atom is 0.223 e. The molecule has 0 aliphatic carbocycles. The molecule has 1 heterocycles. The molecule has 0 saturated carbocycles. The van der Waals surface area contributed by atoms with Crippen LogP contribution in [0.1, 0.15) is 5.56 Å². The number of hydrazine groups is 1. The van der Waals surface area contributed by atoms with Gasteiger partial charge in [0, 0.05) is 6.07 Å². The third kappa shape index (κ3) is 2.45. The molecule has 0 unspecified atom stereocenters. The van der Waals surface area contributed by atoms with Crippen molar-refractivity contribution in [2.45, 2.75) is 0 Å². The van der Waals surface area contributed by atoms with Gasteiger partial charge in [-0.15, -0.1) is 0 Å². The second-order valence-electron chi connectivity index (χ2n) is 3.42. The summed E-state index contributed by atoms with van der Waals surface area (Å²) < 4.78 is 0. The van der Waals surface area contributed by atoms with E-state index in [0.717, 1.165) is 0 Å². The highest BCUT2D eigenvalue weighted by atomic mass is 15.3. The van der Waals surface area contributed by atoms with Crippen LogP contribution in [-0.2, 0) is 0 Å². The maximum absolute atomic E-state index is 8.97. The molecular formula is C11H11N7. The van der Waals surface area contributed by atoms with Crippen molar-refractivity contribution in [3.63, 3.8) is 0 Å². The van der Waals surface area contributed by atoms with E-state index in [4.69, 9.17) is 16.8 Å². The monoisotopic (exact) mass is 241 g/mol. The third-order valence-corrected chi connectivity index (χ3v) is 2.20. The summed E-state index contributed by atoms with van der Waals surface area (Å²) in [7, 11) is 0. The number of anilines is 4. The van der Waals surface area contributed by atoms with Crippen molar-refractivity contribution in [3.05, 3.63) is 35.9 Å². The van der Waals surface area contributed by atoms with E-state index in [1.54, 1.807) is 24.3 Å². The molecule has 0 amide bonds. The molecule has 18 heavy (non-hydrogen) atoms. The van der Waals surface area contributed by atoms with Crippen molar-refractivity contribution in [2.24, 2.45) is 5.84 Å². The lowest BCUT2D eigenvalue weighted by atomic mass is 10.2. The van der Waals surface area contributed by atoms with Crippen LogP contribution in [-0.4, -0.2) is 9.97 Å². The fraction of sp³-hybridized carbons (Fsp3) is 0. The van der Waals surface area contributed by atoms with Gasteiger partial charge in [0.25, 0.3) is 0 Å². The Labute approximate surface area is 103 Å². The number of benzene rings is 1. The first-order valence-corrected chi connectivity index (χ1v) is 5.10. The molecule has 7 nitrogen and oxygen atoms in total. The van der Waals surface area contributed by atoms with Crippen LogP contribution in [0.15, 0.2) is 30.3 Å². The number of nitrogens with zero attached hydrogens (tertiary/aromatic N) is 3. The van der Waals surface area contributed by atoms with Crippen LogP contribution >= 0.6 is 0 Å². The zero-order chi connectivity index (χ0) is 13.0. The lowest BCUT2D eigenvalue weighted by Gasteiger charge is -2.09. The average Bonchev–Trinajstić information content (AvgIpc) is 2.38. The minimum Gasteiger partial charge on any atom is -0.368 e. The van der Waals surface area contributed by atoms with Gasteiger partial charge in [-0.05, 0) is 12.1 Å². The summed E-state index contributed by atoms with van der Waals surface area (Å²) >= 11 is 0. The number of hydrogen-bond donors (Lipinski definition) is 4. The van der Waals surface area contributed by atoms with E-state index in [-0.39, 0.29) is 5.95 Å². The second kappa shape index (κ2) is 4.99. The fourth-order valence-corrected chi connectivity index (χ4v) is 1.43. The largest absolute Gasteiger partial charge is 0.368 e. The Morgan fingerprint density at radius 3 is 2.61 bits per heavy atom. The molecule has 0 bridgehead atoms. The number of nitrogens with two attached hydrogens (primary N) is 2. The molecule has 7 heteroatoms. The van der Waals surface area contributed by atoms with Gasteiger partial charge in [0.1, 0.15) is 17.7 Å². The number of aromatic nitrogens is 2. The predicted molar refractivity (Wildman–Crippen MR) is 68.7 cm³/mol. The summed E-state index contributed by atoms with van der Waals surface area (Å²) in [5.41, 5.74) is 9.07. The standard InChI is InChI=1S/C11H11N7/c12-6-7-3-1-2-4-8(7)15-9-5-10(18-14)17-11(13)16-9/h1-5H,14H2,(H4,13,15,16,17,18). The van der Waals surface area contributed by atoms with Gasteiger partial charge in [0.15, 0.2) is 0 Å². The Kier molecular flexibility index (Phi) is 3.22. The predicted octanol–water partition coefficient (Wildman–Crippen LogP) is 0.960. The van der Waals surface area contributed by atoms with Gasteiger partial charge < -0.3 is 16.5 Å². The molecule has 0 aliphatic rings. The zero-order valence-corrected chi connectivity index (χ0v) is 9.38. The van der Waals surface area contributed by atoms with E-state index in [0.29, 0.717) is 22.9 Å². The van der Waals surface area contributed by atoms with E-state index in [1.807, 2.05) is 6.07 Å². The molecule has 0 atom stereocenters. The van der Waals surface area contributed by atoms with Crippen molar-refractivity contribution in [1.82, 2.24) is 9.97 Å². The van der Waals surface area contributed by atoms with E-state index >= 15 is 0 Å². The molecule has 0 saturated heterocycles. The topological polar surface area (TPSA) is 126 Å². The third-order valence-electron chi connectivity index (χ3n) is 2.20. The highest BCUT2D eigenvalue weighted by Gasteiger charge is 2.04. The average molecular weight is 241 g/mol. The Morgan fingerprint density at radius 1 is 1.17 bits per heavy atom. The normalized spacial score (nSPS) is 9.56. The summed E-state index contributed by atoms with van der Waals surface area (Å²) in [5.74, 6) is 6.19. The lowest BCUT2D eigenvalue weighted by Crippen LogP contribution is -2.11. The number of rotatable bonds is 3. The second-order valence-corrected chi connectivity index (χ2v) is 3.42. The van der Waals surface area contributed by atoms with Crippen LogP contribution in [0, 0.1) is 11.3 Å². The van der Waals surface area contributed by atoms with Gasteiger partial charge in [-0.1, -0.05) is 12.1 Å². The molecule has 1 aromatic heterocycles.